The molecular formula is C8H12O2S. The van der Waals surface area contributed by atoms with E-state index in [1.165, 1.54) is 0 Å². The molecule has 0 bridgehead atoms. The fourth-order valence-electron chi connectivity index (χ4n) is 0.778. The molecule has 0 aliphatic carbocycles. The Morgan fingerprint density at radius 3 is 2.82 bits per heavy atom. The fraction of sp³-hybridized carbons (Fsp3) is 0.500. The van der Waals surface area contributed by atoms with Gasteiger partial charge >= 0.3 is 5.09 Å². The summed E-state index contributed by atoms with van der Waals surface area (Å²) in [5.74, 6) is 1.12. The van der Waals surface area contributed by atoms with Gasteiger partial charge in [0.15, 0.2) is 0 Å². The van der Waals surface area contributed by atoms with Crippen molar-refractivity contribution in [3.8, 4) is 0 Å². The highest BCUT2D eigenvalue weighted by Gasteiger charge is 2.14. The predicted octanol–water partition coefficient (Wildman–Crippen LogP) is 2.04. The van der Waals surface area contributed by atoms with Crippen molar-refractivity contribution < 1.29 is 8.97 Å². The molecule has 1 atom stereocenters. The monoisotopic (exact) mass is 172 g/mol. The molecule has 0 fully saturated rings. The van der Waals surface area contributed by atoms with Crippen molar-refractivity contribution in [2.45, 2.75) is 18.9 Å². The highest BCUT2D eigenvalue weighted by atomic mass is 32.2. The summed E-state index contributed by atoms with van der Waals surface area (Å²) in [5, 5.41) is 0.582. The predicted molar refractivity (Wildman–Crippen MR) is 44.8 cm³/mol. The Hall–Kier alpha value is -0.410. The fourth-order valence-corrected chi connectivity index (χ4v) is 1.94. The highest BCUT2D eigenvalue weighted by Crippen LogP contribution is 2.13. The summed E-state index contributed by atoms with van der Waals surface area (Å²) in [5.41, 5.74) is 0. The van der Waals surface area contributed by atoms with Gasteiger partial charge in [-0.2, -0.15) is 0 Å². The van der Waals surface area contributed by atoms with Crippen molar-refractivity contribution in [2.24, 2.45) is 5.92 Å². The van der Waals surface area contributed by atoms with E-state index in [1.54, 1.807) is 18.4 Å². The molecule has 0 saturated heterocycles. The van der Waals surface area contributed by atoms with Crippen LogP contribution in [-0.2, 0) is 11.2 Å². The maximum Gasteiger partial charge on any atom is 0.310 e. The van der Waals surface area contributed by atoms with Gasteiger partial charge in [-0.05, 0) is 12.0 Å². The molecule has 2 nitrogen and oxygen atoms in total. The van der Waals surface area contributed by atoms with E-state index < -0.39 is 11.2 Å². The molecule has 1 aromatic rings. The first-order chi connectivity index (χ1) is 5.20. The molecule has 0 radical (unpaired) electrons. The third-order valence-corrected chi connectivity index (χ3v) is 2.85. The van der Waals surface area contributed by atoms with E-state index in [1.807, 2.05) is 13.8 Å². The lowest BCUT2D eigenvalue weighted by atomic mass is 10.3. The van der Waals surface area contributed by atoms with E-state index in [0.29, 0.717) is 16.8 Å². The van der Waals surface area contributed by atoms with Crippen molar-refractivity contribution in [3.05, 3.63) is 18.4 Å². The zero-order valence-corrected chi connectivity index (χ0v) is 7.56. The van der Waals surface area contributed by atoms with Crippen molar-refractivity contribution in [3.63, 3.8) is 0 Å². The molecule has 3 heteroatoms. The topological polar surface area (TPSA) is 36.2 Å². The van der Waals surface area contributed by atoms with Gasteiger partial charge in [0.1, 0.15) is 5.75 Å². The van der Waals surface area contributed by atoms with Crippen LogP contribution in [0.2, 0.25) is 0 Å². The Morgan fingerprint density at radius 2 is 2.36 bits per heavy atom. The van der Waals surface area contributed by atoms with Crippen LogP contribution in [0.15, 0.2) is 27.9 Å². The number of hydrogen-bond acceptors (Lipinski definition) is 2. The average Bonchev–Trinajstić information content (AvgIpc) is 2.35. The van der Waals surface area contributed by atoms with Crippen LogP contribution in [0.25, 0.3) is 0 Å². The molecule has 0 saturated carbocycles. The molecule has 1 unspecified atom stereocenters. The van der Waals surface area contributed by atoms with Gasteiger partial charge in [-0.15, -0.1) is 0 Å². The molecule has 0 aromatic carbocycles. The molecule has 1 heterocycles. The van der Waals surface area contributed by atoms with Crippen molar-refractivity contribution in [1.29, 1.82) is 0 Å². The Bertz CT molecular complexity index is 194. The van der Waals surface area contributed by atoms with Gasteiger partial charge in [0.25, 0.3) is 0 Å². The van der Waals surface area contributed by atoms with Crippen LogP contribution in [0.5, 0.6) is 0 Å². The first kappa shape index (κ1) is 8.68. The van der Waals surface area contributed by atoms with Crippen LogP contribution >= 0.6 is 0 Å². The zero-order chi connectivity index (χ0) is 8.27. The van der Waals surface area contributed by atoms with Gasteiger partial charge in [0.05, 0.1) is 6.26 Å². The molecule has 0 N–H and O–H groups in total. The summed E-state index contributed by atoms with van der Waals surface area (Å²) in [6, 6.07) is 3.51. The van der Waals surface area contributed by atoms with Crippen molar-refractivity contribution >= 4 is 11.2 Å². The third-order valence-electron chi connectivity index (χ3n) is 1.20. The molecule has 0 spiro atoms. The number of rotatable bonds is 3. The first-order valence-electron chi connectivity index (χ1n) is 3.62. The van der Waals surface area contributed by atoms with Crippen molar-refractivity contribution in [2.75, 3.05) is 5.75 Å². The summed E-state index contributed by atoms with van der Waals surface area (Å²) in [7, 11) is 0. The lowest BCUT2D eigenvalue weighted by Crippen LogP contribution is -2.10. The van der Waals surface area contributed by atoms with Crippen molar-refractivity contribution in [1.82, 2.24) is 0 Å². The Morgan fingerprint density at radius 1 is 1.64 bits per heavy atom. The molecule has 1 aromatic heterocycles. The van der Waals surface area contributed by atoms with E-state index in [-0.39, 0.29) is 0 Å². The van der Waals surface area contributed by atoms with Crippen LogP contribution in [0, 0.1) is 5.92 Å². The maximum atomic E-state index is 11.3. The second-order valence-electron chi connectivity index (χ2n) is 2.84. The van der Waals surface area contributed by atoms with Gasteiger partial charge in [-0.25, -0.2) is 0 Å². The summed E-state index contributed by atoms with van der Waals surface area (Å²) in [6.07, 6.45) is 1.55. The summed E-state index contributed by atoms with van der Waals surface area (Å²) >= 11 is -0.949. The van der Waals surface area contributed by atoms with E-state index >= 15 is 0 Å². The molecule has 1 rings (SSSR count). The zero-order valence-electron chi connectivity index (χ0n) is 6.74. The van der Waals surface area contributed by atoms with Crippen LogP contribution in [0.1, 0.15) is 13.8 Å². The maximum absolute atomic E-state index is 11.3. The third kappa shape index (κ3) is 2.60. The standard InChI is InChI=1S/C8H12O2S/c1-7(2)6-11(9)8-4-3-5-10-8/h3-5,7H,6H2,1-2H3. The highest BCUT2D eigenvalue weighted by molar-refractivity contribution is 7.91. The molecule has 11 heavy (non-hydrogen) atoms. The van der Waals surface area contributed by atoms with E-state index in [0.717, 1.165) is 0 Å². The molecular weight excluding hydrogens is 160 g/mol. The van der Waals surface area contributed by atoms with Gasteiger partial charge in [0.2, 0.25) is 0 Å². The quantitative estimate of drug-likeness (QED) is 0.654. The molecule has 0 amide bonds. The number of furan rings is 1. The summed E-state index contributed by atoms with van der Waals surface area (Å²) in [4.78, 5) is 0. The molecule has 62 valence electrons. The minimum Gasteiger partial charge on any atom is -0.609 e. The Kier molecular flexibility index (Phi) is 3.02. The Labute approximate surface area is 69.8 Å². The molecule has 0 aliphatic rings. The van der Waals surface area contributed by atoms with Crippen LogP contribution in [-0.4, -0.2) is 10.3 Å². The molecule has 0 aliphatic heterocycles. The summed E-state index contributed by atoms with van der Waals surface area (Å²) in [6.45, 7) is 4.08. The van der Waals surface area contributed by atoms with E-state index in [9.17, 15) is 4.55 Å². The minimum atomic E-state index is -0.949. The lowest BCUT2D eigenvalue weighted by molar-refractivity contribution is 0.447. The lowest BCUT2D eigenvalue weighted by Gasteiger charge is -2.08. The first-order valence-corrected chi connectivity index (χ1v) is 4.94. The van der Waals surface area contributed by atoms with Gasteiger partial charge in [-0.1, -0.05) is 13.8 Å². The second kappa shape index (κ2) is 3.83. The summed E-state index contributed by atoms with van der Waals surface area (Å²) < 4.78 is 16.3. The largest absolute Gasteiger partial charge is 0.609 e. The normalized spacial score (nSPS) is 13.8. The van der Waals surface area contributed by atoms with E-state index in [2.05, 4.69) is 0 Å². The second-order valence-corrected chi connectivity index (χ2v) is 4.26. The number of hydrogen-bond donors (Lipinski definition) is 0. The van der Waals surface area contributed by atoms with Crippen LogP contribution in [0.4, 0.5) is 0 Å². The SMILES string of the molecule is CC(C)C[S+]([O-])c1ccco1. The van der Waals surface area contributed by atoms with E-state index in [4.69, 9.17) is 4.42 Å². The van der Waals surface area contributed by atoms with Gasteiger partial charge < -0.3 is 8.97 Å². The minimum absolute atomic E-state index is 0.445. The Balaban J connectivity index is 2.49. The van der Waals surface area contributed by atoms with Gasteiger partial charge in [0, 0.05) is 17.2 Å². The smallest absolute Gasteiger partial charge is 0.310 e. The van der Waals surface area contributed by atoms with Gasteiger partial charge in [-0.3, -0.25) is 0 Å². The van der Waals surface area contributed by atoms with Crippen LogP contribution in [0.3, 0.4) is 0 Å². The van der Waals surface area contributed by atoms with Crippen LogP contribution < -0.4 is 0 Å². The average molecular weight is 172 g/mol.